The van der Waals surface area contributed by atoms with E-state index in [9.17, 15) is 0 Å². The predicted octanol–water partition coefficient (Wildman–Crippen LogP) is 3.06. The van der Waals surface area contributed by atoms with Crippen LogP contribution in [0, 0.1) is 0 Å². The summed E-state index contributed by atoms with van der Waals surface area (Å²) in [4.78, 5) is 3.01. The van der Waals surface area contributed by atoms with Gasteiger partial charge in [0.2, 0.25) is 0 Å². The van der Waals surface area contributed by atoms with E-state index in [2.05, 4.69) is 4.98 Å². The molecule has 0 bridgehead atoms. The van der Waals surface area contributed by atoms with Crippen LogP contribution < -0.4 is 5.73 Å². The second-order valence-corrected chi connectivity index (χ2v) is 3.29. The first-order valence-electron chi connectivity index (χ1n) is 3.40. The summed E-state index contributed by atoms with van der Waals surface area (Å²) in [6.45, 7) is 0. The van der Waals surface area contributed by atoms with Crippen LogP contribution in [0.25, 0.3) is 10.9 Å². The number of nitrogen functional groups attached to an aromatic ring is 1. The van der Waals surface area contributed by atoms with Crippen LogP contribution in [0.15, 0.2) is 18.3 Å². The van der Waals surface area contributed by atoms with Gasteiger partial charge in [0, 0.05) is 17.1 Å². The second kappa shape index (κ2) is 2.57. The van der Waals surface area contributed by atoms with Gasteiger partial charge in [-0.1, -0.05) is 23.2 Å². The van der Waals surface area contributed by atoms with Gasteiger partial charge in [0.1, 0.15) is 0 Å². The number of hydrogen-bond donors (Lipinski definition) is 2. The van der Waals surface area contributed by atoms with Crippen LogP contribution in [0.4, 0.5) is 5.69 Å². The number of nitrogens with one attached hydrogen (secondary N) is 1. The summed E-state index contributed by atoms with van der Waals surface area (Å²) in [5, 5.41) is 1.83. The zero-order valence-electron chi connectivity index (χ0n) is 6.07. The molecule has 0 aliphatic carbocycles. The van der Waals surface area contributed by atoms with Crippen LogP contribution in [0.3, 0.4) is 0 Å². The summed E-state index contributed by atoms with van der Waals surface area (Å²) in [7, 11) is 0. The number of anilines is 1. The number of aromatic nitrogens is 1. The molecule has 62 valence electrons. The van der Waals surface area contributed by atoms with Crippen LogP contribution in [-0.4, -0.2) is 4.98 Å². The molecule has 0 amide bonds. The number of halogens is 2. The van der Waals surface area contributed by atoms with E-state index < -0.39 is 0 Å². The Kier molecular flexibility index (Phi) is 1.67. The smallest absolute Gasteiger partial charge is 0.0829 e. The van der Waals surface area contributed by atoms with E-state index in [4.69, 9.17) is 28.9 Å². The molecule has 12 heavy (non-hydrogen) atoms. The maximum atomic E-state index is 5.94. The standard InChI is InChI=1S/C8H6Cl2N2/c9-7-4-1-2-12-6(4)3-5(11)8(7)10/h1-3,12H,11H2. The van der Waals surface area contributed by atoms with Gasteiger partial charge in [-0.2, -0.15) is 0 Å². The van der Waals surface area contributed by atoms with Gasteiger partial charge in [0.15, 0.2) is 0 Å². The first-order valence-corrected chi connectivity index (χ1v) is 4.16. The number of hydrogen-bond acceptors (Lipinski definition) is 1. The molecule has 2 aromatic rings. The Morgan fingerprint density at radius 2 is 2.00 bits per heavy atom. The largest absolute Gasteiger partial charge is 0.397 e. The highest BCUT2D eigenvalue weighted by atomic mass is 35.5. The van der Waals surface area contributed by atoms with Crippen LogP contribution in [0.2, 0.25) is 10.0 Å². The van der Waals surface area contributed by atoms with Crippen molar-refractivity contribution < 1.29 is 0 Å². The fourth-order valence-corrected chi connectivity index (χ4v) is 1.59. The Labute approximate surface area is 79.3 Å². The molecular formula is C8H6Cl2N2. The van der Waals surface area contributed by atoms with Gasteiger partial charge in [-0.25, -0.2) is 0 Å². The molecule has 0 saturated carbocycles. The average Bonchev–Trinajstić information content (AvgIpc) is 2.48. The highest BCUT2D eigenvalue weighted by molar-refractivity contribution is 6.46. The fraction of sp³-hybridized carbons (Fsp3) is 0. The van der Waals surface area contributed by atoms with Gasteiger partial charge in [0.05, 0.1) is 15.7 Å². The van der Waals surface area contributed by atoms with Crippen molar-refractivity contribution in [2.45, 2.75) is 0 Å². The first-order chi connectivity index (χ1) is 5.70. The lowest BCUT2D eigenvalue weighted by atomic mass is 10.2. The Bertz CT molecular complexity index is 434. The van der Waals surface area contributed by atoms with Crippen molar-refractivity contribution in [2.24, 2.45) is 0 Å². The Balaban J connectivity index is 2.94. The number of rotatable bonds is 0. The van der Waals surface area contributed by atoms with E-state index in [1.165, 1.54) is 0 Å². The summed E-state index contributed by atoms with van der Waals surface area (Å²) >= 11 is 11.8. The highest BCUT2D eigenvalue weighted by Gasteiger charge is 2.07. The zero-order chi connectivity index (χ0) is 8.72. The normalized spacial score (nSPS) is 10.8. The van der Waals surface area contributed by atoms with Gasteiger partial charge in [-0.05, 0) is 12.1 Å². The van der Waals surface area contributed by atoms with E-state index in [0.29, 0.717) is 15.7 Å². The summed E-state index contributed by atoms with van der Waals surface area (Å²) in [5.74, 6) is 0. The minimum absolute atomic E-state index is 0.420. The van der Waals surface area contributed by atoms with Crippen molar-refractivity contribution in [1.82, 2.24) is 4.98 Å². The van der Waals surface area contributed by atoms with Gasteiger partial charge in [-0.3, -0.25) is 0 Å². The van der Waals surface area contributed by atoms with Crippen molar-refractivity contribution in [3.63, 3.8) is 0 Å². The van der Waals surface area contributed by atoms with Crippen LogP contribution in [0.5, 0.6) is 0 Å². The molecule has 0 spiro atoms. The van der Waals surface area contributed by atoms with E-state index in [1.54, 1.807) is 12.3 Å². The van der Waals surface area contributed by atoms with Crippen molar-refractivity contribution in [3.8, 4) is 0 Å². The molecule has 2 nitrogen and oxygen atoms in total. The topological polar surface area (TPSA) is 41.8 Å². The summed E-state index contributed by atoms with van der Waals surface area (Å²) < 4.78 is 0. The molecule has 4 heteroatoms. The molecular weight excluding hydrogens is 195 g/mol. The number of H-pyrrole nitrogens is 1. The van der Waals surface area contributed by atoms with Crippen LogP contribution >= 0.6 is 23.2 Å². The third kappa shape index (κ3) is 0.958. The van der Waals surface area contributed by atoms with Crippen molar-refractivity contribution in [2.75, 3.05) is 5.73 Å². The summed E-state index contributed by atoms with van der Waals surface area (Å²) in [6.07, 6.45) is 1.80. The van der Waals surface area contributed by atoms with E-state index in [1.807, 2.05) is 6.07 Å². The number of fused-ring (bicyclic) bond motifs is 1. The molecule has 0 radical (unpaired) electrons. The first kappa shape index (κ1) is 7.77. The third-order valence-corrected chi connectivity index (χ3v) is 2.66. The third-order valence-electron chi connectivity index (χ3n) is 1.76. The van der Waals surface area contributed by atoms with E-state index in [0.717, 1.165) is 10.9 Å². The van der Waals surface area contributed by atoms with E-state index in [-0.39, 0.29) is 0 Å². The zero-order valence-corrected chi connectivity index (χ0v) is 7.58. The molecule has 1 heterocycles. The minimum Gasteiger partial charge on any atom is -0.397 e. The lowest BCUT2D eigenvalue weighted by molar-refractivity contribution is 1.48. The van der Waals surface area contributed by atoms with Crippen molar-refractivity contribution in [3.05, 3.63) is 28.4 Å². The molecule has 0 saturated heterocycles. The Hall–Kier alpha value is -0.860. The lowest BCUT2D eigenvalue weighted by Gasteiger charge is -2.01. The van der Waals surface area contributed by atoms with Gasteiger partial charge < -0.3 is 10.7 Å². The molecule has 1 aromatic carbocycles. The molecule has 2 rings (SSSR count). The molecule has 0 aliphatic rings. The lowest BCUT2D eigenvalue weighted by Crippen LogP contribution is -1.86. The molecule has 3 N–H and O–H groups in total. The van der Waals surface area contributed by atoms with E-state index >= 15 is 0 Å². The molecule has 0 fully saturated rings. The SMILES string of the molecule is Nc1cc2[nH]ccc2c(Cl)c1Cl. The quantitative estimate of drug-likeness (QED) is 0.632. The van der Waals surface area contributed by atoms with Gasteiger partial charge in [-0.15, -0.1) is 0 Å². The average molecular weight is 201 g/mol. The number of aromatic amines is 1. The summed E-state index contributed by atoms with van der Waals surface area (Å²) in [6, 6.07) is 3.63. The predicted molar refractivity (Wildman–Crippen MR) is 52.7 cm³/mol. The molecule has 0 aliphatic heterocycles. The number of benzene rings is 1. The molecule has 0 unspecified atom stereocenters. The van der Waals surface area contributed by atoms with Gasteiger partial charge >= 0.3 is 0 Å². The Morgan fingerprint density at radius 3 is 2.75 bits per heavy atom. The van der Waals surface area contributed by atoms with Crippen LogP contribution in [-0.2, 0) is 0 Å². The Morgan fingerprint density at radius 1 is 1.25 bits per heavy atom. The summed E-state index contributed by atoms with van der Waals surface area (Å²) in [5.41, 5.74) is 7.01. The van der Waals surface area contributed by atoms with Crippen LogP contribution in [0.1, 0.15) is 0 Å². The molecule has 1 aromatic heterocycles. The van der Waals surface area contributed by atoms with Gasteiger partial charge in [0.25, 0.3) is 0 Å². The van der Waals surface area contributed by atoms with Crippen molar-refractivity contribution in [1.29, 1.82) is 0 Å². The number of nitrogens with two attached hydrogens (primary N) is 1. The monoisotopic (exact) mass is 200 g/mol. The maximum absolute atomic E-state index is 5.94. The fourth-order valence-electron chi connectivity index (χ4n) is 1.16. The molecule has 0 atom stereocenters. The second-order valence-electron chi connectivity index (χ2n) is 2.53. The highest BCUT2D eigenvalue weighted by Crippen LogP contribution is 2.34. The maximum Gasteiger partial charge on any atom is 0.0829 e. The van der Waals surface area contributed by atoms with Crippen molar-refractivity contribution >= 4 is 39.8 Å². The minimum atomic E-state index is 0.420.